The quantitative estimate of drug-likeness (QED) is 0.915. The van der Waals surface area contributed by atoms with Gasteiger partial charge >= 0.3 is 0 Å². The molecule has 1 aliphatic rings. The Balaban J connectivity index is 1.74. The summed E-state index contributed by atoms with van der Waals surface area (Å²) in [4.78, 5) is 26.0. The molecule has 1 unspecified atom stereocenters. The van der Waals surface area contributed by atoms with Crippen LogP contribution in [0.1, 0.15) is 38.6 Å². The number of anilines is 1. The zero-order chi connectivity index (χ0) is 15.0. The zero-order valence-corrected chi connectivity index (χ0v) is 12.7. The maximum absolute atomic E-state index is 12.3. The van der Waals surface area contributed by atoms with Gasteiger partial charge < -0.3 is 10.6 Å². The molecule has 2 aromatic rings. The number of amides is 2. The smallest absolute Gasteiger partial charge is 0.251 e. The number of rotatable bonds is 3. The molecule has 0 radical (unpaired) electrons. The van der Waals surface area contributed by atoms with Gasteiger partial charge in [0.25, 0.3) is 5.91 Å². The minimum Gasteiger partial charge on any atom is -0.345 e. The molecule has 0 saturated carbocycles. The van der Waals surface area contributed by atoms with Crippen molar-refractivity contribution in [2.24, 2.45) is 0 Å². The summed E-state index contributed by atoms with van der Waals surface area (Å²) in [5, 5.41) is 5.75. The van der Waals surface area contributed by atoms with Gasteiger partial charge in [0.1, 0.15) is 0 Å². The molecule has 2 heterocycles. The van der Waals surface area contributed by atoms with Crippen LogP contribution in [-0.4, -0.2) is 11.8 Å². The van der Waals surface area contributed by atoms with E-state index in [-0.39, 0.29) is 17.9 Å². The standard InChI is InChI=1S/C16H16N2O2S/c1-9-3-6-14(21-9)10(2)17-16(20)12-5-4-11-8-15(19)18-13(11)7-12/h3-7,10H,8H2,1-2H3,(H,17,20)(H,18,19). The van der Waals surface area contributed by atoms with E-state index < -0.39 is 0 Å². The minimum atomic E-state index is -0.127. The molecule has 1 aromatic carbocycles. The van der Waals surface area contributed by atoms with Crippen molar-refractivity contribution >= 4 is 28.8 Å². The average Bonchev–Trinajstić information content (AvgIpc) is 3.02. The molecule has 3 rings (SSSR count). The highest BCUT2D eigenvalue weighted by Crippen LogP contribution is 2.25. The third kappa shape index (κ3) is 2.83. The number of nitrogens with one attached hydrogen (secondary N) is 2. The zero-order valence-electron chi connectivity index (χ0n) is 11.9. The fourth-order valence-electron chi connectivity index (χ4n) is 2.39. The van der Waals surface area contributed by atoms with Crippen molar-refractivity contribution in [2.75, 3.05) is 5.32 Å². The molecule has 0 fully saturated rings. The number of fused-ring (bicyclic) bond motifs is 1. The maximum Gasteiger partial charge on any atom is 0.251 e. The Morgan fingerprint density at radius 1 is 1.33 bits per heavy atom. The Bertz CT molecular complexity index is 721. The second-order valence-electron chi connectivity index (χ2n) is 5.24. The van der Waals surface area contributed by atoms with Crippen LogP contribution in [0.4, 0.5) is 5.69 Å². The summed E-state index contributed by atoms with van der Waals surface area (Å²) < 4.78 is 0. The first-order chi connectivity index (χ1) is 10.0. The SMILES string of the molecule is Cc1ccc(C(C)NC(=O)c2ccc3c(c2)NC(=O)C3)s1. The summed E-state index contributed by atoms with van der Waals surface area (Å²) >= 11 is 1.68. The van der Waals surface area contributed by atoms with E-state index in [4.69, 9.17) is 0 Å². The molecular formula is C16H16N2O2S. The first-order valence-electron chi connectivity index (χ1n) is 6.83. The topological polar surface area (TPSA) is 58.2 Å². The summed E-state index contributed by atoms with van der Waals surface area (Å²) in [6.45, 7) is 4.02. The Morgan fingerprint density at radius 3 is 2.86 bits per heavy atom. The van der Waals surface area contributed by atoms with Gasteiger partial charge in [-0.2, -0.15) is 0 Å². The van der Waals surface area contributed by atoms with Gasteiger partial charge in [-0.25, -0.2) is 0 Å². The van der Waals surface area contributed by atoms with Crippen LogP contribution >= 0.6 is 11.3 Å². The lowest BCUT2D eigenvalue weighted by Crippen LogP contribution is -2.26. The van der Waals surface area contributed by atoms with Crippen molar-refractivity contribution in [3.8, 4) is 0 Å². The Hall–Kier alpha value is -2.14. The van der Waals surface area contributed by atoms with Gasteiger partial charge in [-0.1, -0.05) is 6.07 Å². The predicted octanol–water partition coefficient (Wildman–Crippen LogP) is 3.04. The van der Waals surface area contributed by atoms with Crippen LogP contribution in [0.2, 0.25) is 0 Å². The molecule has 5 heteroatoms. The lowest BCUT2D eigenvalue weighted by atomic mass is 10.1. The summed E-state index contributed by atoms with van der Waals surface area (Å²) in [5.41, 5.74) is 2.25. The number of benzene rings is 1. The van der Waals surface area contributed by atoms with E-state index in [9.17, 15) is 9.59 Å². The van der Waals surface area contributed by atoms with Crippen molar-refractivity contribution in [1.82, 2.24) is 5.32 Å². The van der Waals surface area contributed by atoms with Crippen LogP contribution in [0.3, 0.4) is 0 Å². The average molecular weight is 300 g/mol. The van der Waals surface area contributed by atoms with Gasteiger partial charge in [-0.15, -0.1) is 11.3 Å². The lowest BCUT2D eigenvalue weighted by Gasteiger charge is -2.12. The van der Waals surface area contributed by atoms with Crippen LogP contribution in [-0.2, 0) is 11.2 Å². The van der Waals surface area contributed by atoms with E-state index in [1.165, 1.54) is 4.88 Å². The van der Waals surface area contributed by atoms with Crippen LogP contribution < -0.4 is 10.6 Å². The lowest BCUT2D eigenvalue weighted by molar-refractivity contribution is -0.115. The van der Waals surface area contributed by atoms with E-state index in [0.29, 0.717) is 12.0 Å². The number of hydrogen-bond acceptors (Lipinski definition) is 3. The highest BCUT2D eigenvalue weighted by molar-refractivity contribution is 7.12. The number of carbonyl (C=O) groups is 2. The summed E-state index contributed by atoms with van der Waals surface area (Å²) in [6.07, 6.45) is 0.391. The minimum absolute atomic E-state index is 0.0232. The molecule has 4 nitrogen and oxygen atoms in total. The molecular weight excluding hydrogens is 284 g/mol. The fraction of sp³-hybridized carbons (Fsp3) is 0.250. The van der Waals surface area contributed by atoms with Crippen molar-refractivity contribution in [3.05, 3.63) is 51.2 Å². The Morgan fingerprint density at radius 2 is 2.14 bits per heavy atom. The largest absolute Gasteiger partial charge is 0.345 e. The molecule has 1 aromatic heterocycles. The molecule has 0 saturated heterocycles. The van der Waals surface area contributed by atoms with Crippen LogP contribution in [0.5, 0.6) is 0 Å². The summed E-state index contributed by atoms with van der Waals surface area (Å²) in [7, 11) is 0. The first-order valence-corrected chi connectivity index (χ1v) is 7.64. The molecule has 2 N–H and O–H groups in total. The third-order valence-electron chi connectivity index (χ3n) is 3.53. The van der Waals surface area contributed by atoms with Gasteiger partial charge in [0, 0.05) is 21.0 Å². The van der Waals surface area contributed by atoms with E-state index in [2.05, 4.69) is 10.6 Å². The van der Waals surface area contributed by atoms with Crippen LogP contribution in [0.15, 0.2) is 30.3 Å². The molecule has 1 aliphatic heterocycles. The fourth-order valence-corrected chi connectivity index (χ4v) is 3.27. The van der Waals surface area contributed by atoms with E-state index in [0.717, 1.165) is 16.1 Å². The highest BCUT2D eigenvalue weighted by atomic mass is 32.1. The Labute approximate surface area is 127 Å². The number of hydrogen-bond donors (Lipinski definition) is 2. The van der Waals surface area contributed by atoms with Crippen LogP contribution in [0, 0.1) is 6.92 Å². The molecule has 21 heavy (non-hydrogen) atoms. The van der Waals surface area contributed by atoms with Crippen molar-refractivity contribution < 1.29 is 9.59 Å². The van der Waals surface area contributed by atoms with Gasteiger partial charge in [-0.3, -0.25) is 9.59 Å². The first kappa shape index (κ1) is 13.8. The molecule has 1 atom stereocenters. The van der Waals surface area contributed by atoms with Gasteiger partial charge in [0.15, 0.2) is 0 Å². The van der Waals surface area contributed by atoms with Gasteiger partial charge in [-0.05, 0) is 43.7 Å². The third-order valence-corrected chi connectivity index (χ3v) is 4.72. The monoisotopic (exact) mass is 300 g/mol. The van der Waals surface area contributed by atoms with E-state index >= 15 is 0 Å². The highest BCUT2D eigenvalue weighted by Gasteiger charge is 2.20. The van der Waals surface area contributed by atoms with E-state index in [1.807, 2.05) is 32.0 Å². The second-order valence-corrected chi connectivity index (χ2v) is 6.56. The van der Waals surface area contributed by atoms with Crippen molar-refractivity contribution in [3.63, 3.8) is 0 Å². The molecule has 0 aliphatic carbocycles. The van der Waals surface area contributed by atoms with Crippen molar-refractivity contribution in [2.45, 2.75) is 26.3 Å². The van der Waals surface area contributed by atoms with E-state index in [1.54, 1.807) is 23.5 Å². The number of thiophene rings is 1. The number of carbonyl (C=O) groups excluding carboxylic acids is 2. The number of aryl methyl sites for hydroxylation is 1. The molecule has 0 spiro atoms. The summed E-state index contributed by atoms with van der Waals surface area (Å²) in [5.74, 6) is -0.150. The maximum atomic E-state index is 12.3. The molecule has 2 amide bonds. The normalized spacial score (nSPS) is 14.5. The molecule has 0 bridgehead atoms. The summed E-state index contributed by atoms with van der Waals surface area (Å²) in [6, 6.07) is 9.39. The Kier molecular flexibility index (Phi) is 3.51. The van der Waals surface area contributed by atoms with Gasteiger partial charge in [0.2, 0.25) is 5.91 Å². The second kappa shape index (κ2) is 5.33. The van der Waals surface area contributed by atoms with Gasteiger partial charge in [0.05, 0.1) is 12.5 Å². The van der Waals surface area contributed by atoms with Crippen molar-refractivity contribution in [1.29, 1.82) is 0 Å². The van der Waals surface area contributed by atoms with Crippen LogP contribution in [0.25, 0.3) is 0 Å². The predicted molar refractivity (Wildman–Crippen MR) is 83.7 cm³/mol. The molecule has 108 valence electrons.